The average molecular weight is 265 g/mol. The Labute approximate surface area is 115 Å². The number of ether oxygens (including phenoxy) is 2. The first kappa shape index (κ1) is 15.7. The van der Waals surface area contributed by atoms with Crippen LogP contribution in [0, 0.1) is 5.92 Å². The van der Waals surface area contributed by atoms with Gasteiger partial charge in [-0.15, -0.1) is 0 Å². The van der Waals surface area contributed by atoms with Crippen molar-refractivity contribution >= 4 is 5.97 Å². The first-order valence-corrected chi connectivity index (χ1v) is 6.48. The van der Waals surface area contributed by atoms with E-state index in [1.54, 1.807) is 7.11 Å². The van der Waals surface area contributed by atoms with Gasteiger partial charge in [0.2, 0.25) is 0 Å². The molecule has 0 fully saturated rings. The van der Waals surface area contributed by atoms with Gasteiger partial charge in [-0.1, -0.05) is 38.1 Å². The van der Waals surface area contributed by atoms with Gasteiger partial charge in [0.25, 0.3) is 0 Å². The molecule has 4 nitrogen and oxygen atoms in total. The molecule has 19 heavy (non-hydrogen) atoms. The Morgan fingerprint density at radius 3 is 2.53 bits per heavy atom. The Balaban J connectivity index is 2.99. The number of benzene rings is 1. The SMILES string of the molecule is COCc1ccccc1C(NCC(C)C)C(=O)OC. The lowest BCUT2D eigenvalue weighted by Gasteiger charge is -2.20. The van der Waals surface area contributed by atoms with Crippen LogP contribution in [-0.2, 0) is 20.9 Å². The van der Waals surface area contributed by atoms with Crippen molar-refractivity contribution in [1.29, 1.82) is 0 Å². The summed E-state index contributed by atoms with van der Waals surface area (Å²) in [6, 6.07) is 7.31. The predicted molar refractivity (Wildman–Crippen MR) is 74.8 cm³/mol. The molecule has 0 aliphatic heterocycles. The molecule has 0 aromatic heterocycles. The molecular weight excluding hydrogens is 242 g/mol. The number of methoxy groups -OCH3 is 2. The highest BCUT2D eigenvalue weighted by Gasteiger charge is 2.23. The number of nitrogens with one attached hydrogen (secondary N) is 1. The second-order valence-electron chi connectivity index (χ2n) is 4.89. The Hall–Kier alpha value is -1.39. The first-order chi connectivity index (χ1) is 9.10. The van der Waals surface area contributed by atoms with Gasteiger partial charge in [0.05, 0.1) is 13.7 Å². The van der Waals surface area contributed by atoms with E-state index in [9.17, 15) is 4.79 Å². The van der Waals surface area contributed by atoms with Gasteiger partial charge in [-0.05, 0) is 23.6 Å². The van der Waals surface area contributed by atoms with E-state index in [0.717, 1.165) is 17.7 Å². The third-order valence-electron chi connectivity index (χ3n) is 2.83. The van der Waals surface area contributed by atoms with Crippen LogP contribution in [0.5, 0.6) is 0 Å². The van der Waals surface area contributed by atoms with Crippen LogP contribution in [0.4, 0.5) is 0 Å². The Morgan fingerprint density at radius 2 is 1.95 bits per heavy atom. The van der Waals surface area contributed by atoms with E-state index in [2.05, 4.69) is 19.2 Å². The van der Waals surface area contributed by atoms with Crippen LogP contribution in [0.15, 0.2) is 24.3 Å². The fraction of sp³-hybridized carbons (Fsp3) is 0.533. The number of rotatable bonds is 7. The summed E-state index contributed by atoms with van der Waals surface area (Å²) in [5, 5.41) is 3.25. The van der Waals surface area contributed by atoms with Crippen molar-refractivity contribution in [3.8, 4) is 0 Å². The van der Waals surface area contributed by atoms with E-state index in [0.29, 0.717) is 12.5 Å². The molecule has 0 bridgehead atoms. The second kappa shape index (κ2) is 7.92. The summed E-state index contributed by atoms with van der Waals surface area (Å²) < 4.78 is 10.1. The summed E-state index contributed by atoms with van der Waals surface area (Å²) in [6.07, 6.45) is 0. The minimum absolute atomic E-state index is 0.274. The van der Waals surface area contributed by atoms with Crippen molar-refractivity contribution in [1.82, 2.24) is 5.32 Å². The summed E-state index contributed by atoms with van der Waals surface area (Å²) in [6.45, 7) is 5.43. The highest BCUT2D eigenvalue weighted by molar-refractivity contribution is 5.78. The molecule has 1 aromatic rings. The van der Waals surface area contributed by atoms with Crippen LogP contribution in [0.1, 0.15) is 31.0 Å². The van der Waals surface area contributed by atoms with E-state index < -0.39 is 6.04 Å². The molecular formula is C15H23NO3. The lowest BCUT2D eigenvalue weighted by molar-refractivity contribution is -0.143. The van der Waals surface area contributed by atoms with Crippen molar-refractivity contribution in [3.63, 3.8) is 0 Å². The van der Waals surface area contributed by atoms with Crippen LogP contribution in [0.2, 0.25) is 0 Å². The zero-order valence-electron chi connectivity index (χ0n) is 12.1. The van der Waals surface area contributed by atoms with Gasteiger partial charge in [-0.25, -0.2) is 4.79 Å². The van der Waals surface area contributed by atoms with Gasteiger partial charge in [-0.3, -0.25) is 0 Å². The van der Waals surface area contributed by atoms with Crippen molar-refractivity contribution in [2.75, 3.05) is 20.8 Å². The number of esters is 1. The summed E-state index contributed by atoms with van der Waals surface area (Å²) >= 11 is 0. The molecule has 0 radical (unpaired) electrons. The normalized spacial score (nSPS) is 12.5. The molecule has 106 valence electrons. The predicted octanol–water partition coefficient (Wildman–Crippen LogP) is 2.29. The van der Waals surface area contributed by atoms with Gasteiger partial charge in [0.1, 0.15) is 6.04 Å². The molecule has 1 atom stereocenters. The molecule has 0 saturated carbocycles. The molecule has 0 saturated heterocycles. The van der Waals surface area contributed by atoms with Crippen LogP contribution < -0.4 is 5.32 Å². The molecule has 1 aromatic carbocycles. The van der Waals surface area contributed by atoms with Crippen LogP contribution in [0.25, 0.3) is 0 Å². The molecule has 1 unspecified atom stereocenters. The molecule has 4 heteroatoms. The van der Waals surface area contributed by atoms with Crippen LogP contribution >= 0.6 is 0 Å². The smallest absolute Gasteiger partial charge is 0.327 e. The number of carbonyl (C=O) groups is 1. The van der Waals surface area contributed by atoms with Gasteiger partial charge >= 0.3 is 5.97 Å². The monoisotopic (exact) mass is 265 g/mol. The van der Waals surface area contributed by atoms with E-state index in [-0.39, 0.29) is 5.97 Å². The second-order valence-corrected chi connectivity index (χ2v) is 4.89. The number of hydrogen-bond acceptors (Lipinski definition) is 4. The molecule has 1 rings (SSSR count). The highest BCUT2D eigenvalue weighted by atomic mass is 16.5. The Morgan fingerprint density at radius 1 is 1.26 bits per heavy atom. The Kier molecular flexibility index (Phi) is 6.53. The summed E-state index contributed by atoms with van der Waals surface area (Å²) in [4.78, 5) is 12.0. The molecule has 0 amide bonds. The van der Waals surface area contributed by atoms with Crippen LogP contribution in [0.3, 0.4) is 0 Å². The molecule has 1 N–H and O–H groups in total. The maximum absolute atomic E-state index is 12.0. The maximum atomic E-state index is 12.0. The lowest BCUT2D eigenvalue weighted by Crippen LogP contribution is -2.33. The van der Waals surface area contributed by atoms with Crippen molar-refractivity contribution in [3.05, 3.63) is 35.4 Å². The molecule has 0 aliphatic rings. The Bertz CT molecular complexity index is 404. The van der Waals surface area contributed by atoms with Crippen molar-refractivity contribution in [2.45, 2.75) is 26.5 Å². The summed E-state index contributed by atoms with van der Waals surface area (Å²) in [7, 11) is 3.05. The zero-order chi connectivity index (χ0) is 14.3. The van der Waals surface area contributed by atoms with Crippen molar-refractivity contribution in [2.24, 2.45) is 5.92 Å². The minimum Gasteiger partial charge on any atom is -0.468 e. The first-order valence-electron chi connectivity index (χ1n) is 6.48. The van der Waals surface area contributed by atoms with E-state index in [4.69, 9.17) is 9.47 Å². The lowest BCUT2D eigenvalue weighted by atomic mass is 10.00. The minimum atomic E-state index is -0.446. The third-order valence-corrected chi connectivity index (χ3v) is 2.83. The van der Waals surface area contributed by atoms with Gasteiger partial charge in [-0.2, -0.15) is 0 Å². The number of hydrogen-bond donors (Lipinski definition) is 1. The van der Waals surface area contributed by atoms with Gasteiger partial charge in [0, 0.05) is 7.11 Å². The van der Waals surface area contributed by atoms with Gasteiger partial charge in [0.15, 0.2) is 0 Å². The highest BCUT2D eigenvalue weighted by Crippen LogP contribution is 2.20. The summed E-state index contributed by atoms with van der Waals surface area (Å²) in [5.41, 5.74) is 1.91. The molecule has 0 spiro atoms. The largest absolute Gasteiger partial charge is 0.468 e. The average Bonchev–Trinajstić information content (AvgIpc) is 2.40. The quantitative estimate of drug-likeness (QED) is 0.768. The van der Waals surface area contributed by atoms with E-state index in [1.165, 1.54) is 7.11 Å². The fourth-order valence-electron chi connectivity index (χ4n) is 1.89. The van der Waals surface area contributed by atoms with E-state index >= 15 is 0 Å². The van der Waals surface area contributed by atoms with Crippen LogP contribution in [-0.4, -0.2) is 26.7 Å². The zero-order valence-corrected chi connectivity index (χ0v) is 12.1. The standard InChI is InChI=1S/C15H23NO3/c1-11(2)9-16-14(15(17)19-4)13-8-6-5-7-12(13)10-18-3/h5-8,11,14,16H,9-10H2,1-4H3. The number of carbonyl (C=O) groups excluding carboxylic acids is 1. The fourth-order valence-corrected chi connectivity index (χ4v) is 1.89. The molecule has 0 heterocycles. The third kappa shape index (κ3) is 4.65. The summed E-state index contributed by atoms with van der Waals surface area (Å²) in [5.74, 6) is 0.186. The van der Waals surface area contributed by atoms with Crippen molar-refractivity contribution < 1.29 is 14.3 Å². The topological polar surface area (TPSA) is 47.6 Å². The maximum Gasteiger partial charge on any atom is 0.327 e. The van der Waals surface area contributed by atoms with Gasteiger partial charge < -0.3 is 14.8 Å². The molecule has 0 aliphatic carbocycles. The van der Waals surface area contributed by atoms with E-state index in [1.807, 2.05) is 24.3 Å².